The van der Waals surface area contributed by atoms with Gasteiger partial charge in [0.15, 0.2) is 12.2 Å². The summed E-state index contributed by atoms with van der Waals surface area (Å²) < 4.78 is 67.7. The van der Waals surface area contributed by atoms with E-state index in [1.54, 1.807) is 0 Å². The fraction of sp³-hybridized carbons (Fsp3) is 0.937. The standard InChI is InChI=1S/C63H122O17P2/c1-7-10-12-14-25-33-39-45-60(65)73-51-58(79-62(67)47-41-35-26-15-13-11-8-2)53-77-81(69,70)75-49-57(64)50-76-82(71,72)78-54-59(52-74-61(66)46-40-34-30-24-27-31-37-43-55(4)5)80-63(68)48-42-36-29-23-21-19-17-16-18-20-22-28-32-38-44-56(6)9-3/h55-59,64H,7-54H2,1-6H3,(H,69,70)(H,71,72)/t56?,57-,58+,59+/m0/s1. The molecule has 3 N–H and O–H groups in total. The molecule has 6 atom stereocenters. The van der Waals surface area contributed by atoms with E-state index < -0.39 is 97.5 Å². The first-order valence-corrected chi connectivity index (χ1v) is 36.0. The normalized spacial score (nSPS) is 14.7. The van der Waals surface area contributed by atoms with E-state index in [0.717, 1.165) is 128 Å². The van der Waals surface area contributed by atoms with Crippen LogP contribution >= 0.6 is 15.6 Å². The van der Waals surface area contributed by atoms with Crippen molar-refractivity contribution in [3.8, 4) is 0 Å². The Labute approximate surface area is 498 Å². The molecule has 0 radical (unpaired) electrons. The number of esters is 4. The van der Waals surface area contributed by atoms with E-state index in [4.69, 9.17) is 37.0 Å². The third-order valence-electron chi connectivity index (χ3n) is 14.8. The Kier molecular flexibility index (Phi) is 54.3. The summed E-state index contributed by atoms with van der Waals surface area (Å²) in [6.45, 7) is 9.40. The summed E-state index contributed by atoms with van der Waals surface area (Å²) in [6.07, 6.45) is 37.9. The first-order chi connectivity index (χ1) is 39.4. The highest BCUT2D eigenvalue weighted by Crippen LogP contribution is 2.45. The van der Waals surface area contributed by atoms with Gasteiger partial charge >= 0.3 is 39.5 Å². The Bertz CT molecular complexity index is 1620. The van der Waals surface area contributed by atoms with Crippen LogP contribution in [-0.4, -0.2) is 96.7 Å². The Morgan fingerprint density at radius 1 is 0.354 bits per heavy atom. The number of hydrogen-bond donors (Lipinski definition) is 3. The summed E-state index contributed by atoms with van der Waals surface area (Å²) in [5, 5.41) is 10.5. The van der Waals surface area contributed by atoms with E-state index in [1.165, 1.54) is 96.3 Å². The third-order valence-corrected chi connectivity index (χ3v) is 16.7. The number of phosphoric acid groups is 2. The minimum Gasteiger partial charge on any atom is -0.462 e. The van der Waals surface area contributed by atoms with Crippen molar-refractivity contribution < 1.29 is 80.2 Å². The minimum atomic E-state index is -4.94. The molecule has 0 aromatic heterocycles. The first-order valence-electron chi connectivity index (χ1n) is 33.0. The molecule has 0 bridgehead atoms. The van der Waals surface area contributed by atoms with Crippen LogP contribution in [-0.2, 0) is 65.4 Å². The quantitative estimate of drug-likeness (QED) is 0.0222. The molecule has 0 aliphatic carbocycles. The van der Waals surface area contributed by atoms with E-state index in [2.05, 4.69) is 41.5 Å². The molecule has 17 nitrogen and oxygen atoms in total. The Morgan fingerprint density at radius 3 is 0.927 bits per heavy atom. The summed E-state index contributed by atoms with van der Waals surface area (Å²) in [6, 6.07) is 0. The van der Waals surface area contributed by atoms with Crippen molar-refractivity contribution in [1.82, 2.24) is 0 Å². The predicted molar refractivity (Wildman–Crippen MR) is 326 cm³/mol. The number of rotatable bonds is 62. The van der Waals surface area contributed by atoms with Gasteiger partial charge in [-0.3, -0.25) is 37.3 Å². The van der Waals surface area contributed by atoms with Crippen LogP contribution in [0.5, 0.6) is 0 Å². The van der Waals surface area contributed by atoms with Crippen molar-refractivity contribution in [3.05, 3.63) is 0 Å². The largest absolute Gasteiger partial charge is 0.472 e. The van der Waals surface area contributed by atoms with Crippen LogP contribution in [0.1, 0.15) is 311 Å². The molecular formula is C63H122O17P2. The lowest BCUT2D eigenvalue weighted by molar-refractivity contribution is -0.161. The number of carbonyl (C=O) groups is 4. The molecular weight excluding hydrogens is 1090 g/mol. The monoisotopic (exact) mass is 1210 g/mol. The first kappa shape index (κ1) is 80.1. The predicted octanol–water partition coefficient (Wildman–Crippen LogP) is 17.3. The van der Waals surface area contributed by atoms with Gasteiger partial charge in [-0.15, -0.1) is 0 Å². The van der Waals surface area contributed by atoms with Gasteiger partial charge in [-0.2, -0.15) is 0 Å². The molecule has 0 spiro atoms. The molecule has 486 valence electrons. The smallest absolute Gasteiger partial charge is 0.462 e. The van der Waals surface area contributed by atoms with Gasteiger partial charge in [0.05, 0.1) is 26.4 Å². The lowest BCUT2D eigenvalue weighted by atomic mass is 9.99. The zero-order chi connectivity index (χ0) is 60.8. The van der Waals surface area contributed by atoms with Crippen LogP contribution in [0.25, 0.3) is 0 Å². The number of phosphoric ester groups is 2. The molecule has 0 heterocycles. The number of hydrogen-bond acceptors (Lipinski definition) is 15. The molecule has 0 aromatic rings. The maximum absolute atomic E-state index is 13.0. The average molecular weight is 1210 g/mol. The number of unbranched alkanes of at least 4 members (excludes halogenated alkanes) is 31. The molecule has 0 aliphatic rings. The highest BCUT2D eigenvalue weighted by Gasteiger charge is 2.30. The van der Waals surface area contributed by atoms with Crippen LogP contribution in [0, 0.1) is 11.8 Å². The second-order valence-electron chi connectivity index (χ2n) is 23.5. The lowest BCUT2D eigenvalue weighted by Gasteiger charge is -2.21. The molecule has 0 saturated carbocycles. The van der Waals surface area contributed by atoms with Gasteiger partial charge < -0.3 is 33.8 Å². The molecule has 0 amide bonds. The van der Waals surface area contributed by atoms with E-state index in [0.29, 0.717) is 31.6 Å². The van der Waals surface area contributed by atoms with Crippen LogP contribution in [0.15, 0.2) is 0 Å². The van der Waals surface area contributed by atoms with Gasteiger partial charge in [0.25, 0.3) is 0 Å². The summed E-state index contributed by atoms with van der Waals surface area (Å²) in [5.74, 6) is -0.594. The van der Waals surface area contributed by atoms with Crippen molar-refractivity contribution in [1.29, 1.82) is 0 Å². The highest BCUT2D eigenvalue weighted by molar-refractivity contribution is 7.47. The molecule has 82 heavy (non-hydrogen) atoms. The second-order valence-corrected chi connectivity index (χ2v) is 26.4. The van der Waals surface area contributed by atoms with Crippen LogP contribution in [0.4, 0.5) is 0 Å². The molecule has 0 aromatic carbocycles. The van der Waals surface area contributed by atoms with E-state index in [-0.39, 0.29) is 25.7 Å². The fourth-order valence-electron chi connectivity index (χ4n) is 9.32. The van der Waals surface area contributed by atoms with E-state index >= 15 is 0 Å². The Hall–Kier alpha value is -1.94. The topological polar surface area (TPSA) is 237 Å². The van der Waals surface area contributed by atoms with Crippen molar-refractivity contribution in [2.45, 2.75) is 330 Å². The molecule has 19 heteroatoms. The molecule has 0 aliphatic heterocycles. The van der Waals surface area contributed by atoms with Crippen LogP contribution < -0.4 is 0 Å². The molecule has 3 unspecified atom stereocenters. The zero-order valence-electron chi connectivity index (χ0n) is 52.8. The van der Waals surface area contributed by atoms with Crippen molar-refractivity contribution in [2.24, 2.45) is 11.8 Å². The summed E-state index contributed by atoms with van der Waals surface area (Å²) in [7, 11) is -9.87. The second kappa shape index (κ2) is 55.6. The molecule has 0 rings (SSSR count). The van der Waals surface area contributed by atoms with Crippen molar-refractivity contribution >= 4 is 39.5 Å². The number of carbonyl (C=O) groups excluding carboxylic acids is 4. The molecule has 0 saturated heterocycles. The molecule has 0 fully saturated rings. The van der Waals surface area contributed by atoms with Gasteiger partial charge in [-0.25, -0.2) is 9.13 Å². The van der Waals surface area contributed by atoms with Gasteiger partial charge in [-0.05, 0) is 37.5 Å². The Balaban J connectivity index is 5.14. The number of ether oxygens (including phenoxy) is 4. The van der Waals surface area contributed by atoms with Crippen molar-refractivity contribution in [3.63, 3.8) is 0 Å². The number of aliphatic hydroxyl groups is 1. The van der Waals surface area contributed by atoms with Gasteiger partial charge in [0.2, 0.25) is 0 Å². The van der Waals surface area contributed by atoms with E-state index in [1.807, 2.05) is 0 Å². The summed E-state index contributed by atoms with van der Waals surface area (Å²) in [5.41, 5.74) is 0. The number of aliphatic hydroxyl groups excluding tert-OH is 1. The summed E-state index contributed by atoms with van der Waals surface area (Å²) in [4.78, 5) is 71.9. The zero-order valence-corrected chi connectivity index (χ0v) is 54.6. The highest BCUT2D eigenvalue weighted by atomic mass is 31.2. The maximum atomic E-state index is 13.0. The summed E-state index contributed by atoms with van der Waals surface area (Å²) >= 11 is 0. The van der Waals surface area contributed by atoms with E-state index in [9.17, 15) is 43.2 Å². The van der Waals surface area contributed by atoms with Gasteiger partial charge in [0, 0.05) is 25.7 Å². The average Bonchev–Trinajstić information content (AvgIpc) is 3.44. The van der Waals surface area contributed by atoms with Crippen LogP contribution in [0.2, 0.25) is 0 Å². The minimum absolute atomic E-state index is 0.103. The Morgan fingerprint density at radius 2 is 0.622 bits per heavy atom. The lowest BCUT2D eigenvalue weighted by Crippen LogP contribution is -2.30. The van der Waals surface area contributed by atoms with Gasteiger partial charge in [-0.1, -0.05) is 260 Å². The SMILES string of the molecule is CCCCCCCCCC(=O)OC[C@H](COP(=O)(O)OC[C@H](O)COP(=O)(O)OC[C@@H](COC(=O)CCCCCCCCCC(C)C)OC(=O)CCCCCCCCCCCCCCCCC(C)CC)OC(=O)CCCCCCCCC. The van der Waals surface area contributed by atoms with Crippen LogP contribution in [0.3, 0.4) is 0 Å². The fourth-order valence-corrected chi connectivity index (χ4v) is 10.9. The maximum Gasteiger partial charge on any atom is 0.472 e. The van der Waals surface area contributed by atoms with Gasteiger partial charge in [0.1, 0.15) is 19.3 Å². The third kappa shape index (κ3) is 55.9. The van der Waals surface area contributed by atoms with Crippen molar-refractivity contribution in [2.75, 3.05) is 39.6 Å².